The Bertz CT molecular complexity index is 706. The van der Waals surface area contributed by atoms with Crippen LogP contribution >= 0.6 is 11.8 Å². The van der Waals surface area contributed by atoms with Crippen LogP contribution in [0.2, 0.25) is 0 Å². The van der Waals surface area contributed by atoms with Gasteiger partial charge in [0.25, 0.3) is 0 Å². The molecule has 0 spiro atoms. The Morgan fingerprint density at radius 1 is 1.26 bits per heavy atom. The van der Waals surface area contributed by atoms with Gasteiger partial charge in [0.05, 0.1) is 11.3 Å². The summed E-state index contributed by atoms with van der Waals surface area (Å²) >= 11 is 1.40. The summed E-state index contributed by atoms with van der Waals surface area (Å²) in [5.74, 6) is 0.492. The van der Waals surface area contributed by atoms with Crippen LogP contribution in [0.4, 0.5) is 0 Å². The lowest BCUT2D eigenvalue weighted by Gasteiger charge is -2.28. The van der Waals surface area contributed by atoms with Gasteiger partial charge in [-0.25, -0.2) is 4.68 Å². The van der Waals surface area contributed by atoms with Crippen LogP contribution in [0.25, 0.3) is 0 Å². The van der Waals surface area contributed by atoms with Crippen molar-refractivity contribution in [2.45, 2.75) is 44.4 Å². The molecule has 23 heavy (non-hydrogen) atoms. The van der Waals surface area contributed by atoms with Gasteiger partial charge in [-0.15, -0.1) is 5.10 Å². The highest BCUT2D eigenvalue weighted by Crippen LogP contribution is 2.23. The molecule has 1 aromatic carbocycles. The SMILES string of the molecule is CC(C)(C)n1nnnc1SCC(=O)N1CCc2ccccc2C1. The normalized spacial score (nSPS) is 14.7. The molecule has 122 valence electrons. The summed E-state index contributed by atoms with van der Waals surface area (Å²) in [4.78, 5) is 14.4. The molecular weight excluding hydrogens is 310 g/mol. The van der Waals surface area contributed by atoms with Crippen molar-refractivity contribution >= 4 is 17.7 Å². The van der Waals surface area contributed by atoms with Crippen LogP contribution in [0.1, 0.15) is 31.9 Å². The fourth-order valence-corrected chi connectivity index (χ4v) is 3.58. The lowest BCUT2D eigenvalue weighted by molar-refractivity contribution is -0.129. The standard InChI is InChI=1S/C16H21N5OS/c1-16(2,3)21-15(17-18-19-21)23-11-14(22)20-9-8-12-6-4-5-7-13(12)10-20/h4-7H,8-11H2,1-3H3. The number of nitrogens with zero attached hydrogens (tertiary/aromatic N) is 5. The number of amides is 1. The summed E-state index contributed by atoms with van der Waals surface area (Å²) in [5.41, 5.74) is 2.40. The molecular formula is C16H21N5OS. The molecule has 0 bridgehead atoms. The maximum Gasteiger partial charge on any atom is 0.233 e. The summed E-state index contributed by atoms with van der Waals surface area (Å²) in [7, 11) is 0. The number of carbonyl (C=O) groups excluding carboxylic acids is 1. The van der Waals surface area contributed by atoms with Crippen LogP contribution in [-0.2, 0) is 23.3 Å². The molecule has 0 radical (unpaired) electrons. The maximum absolute atomic E-state index is 12.5. The number of rotatable bonds is 3. The largest absolute Gasteiger partial charge is 0.337 e. The molecule has 2 aromatic rings. The molecule has 3 rings (SSSR count). The molecule has 0 saturated heterocycles. The Morgan fingerprint density at radius 3 is 2.74 bits per heavy atom. The Hall–Kier alpha value is -1.89. The predicted molar refractivity (Wildman–Crippen MR) is 89.1 cm³/mol. The third-order valence-corrected chi connectivity index (χ3v) is 4.79. The molecule has 0 saturated carbocycles. The number of hydrogen-bond acceptors (Lipinski definition) is 5. The Morgan fingerprint density at radius 2 is 2.00 bits per heavy atom. The molecule has 1 amide bonds. The highest BCUT2D eigenvalue weighted by atomic mass is 32.2. The Balaban J connectivity index is 1.62. The molecule has 0 unspecified atom stereocenters. The van der Waals surface area contributed by atoms with Gasteiger partial charge in [0, 0.05) is 13.1 Å². The van der Waals surface area contributed by atoms with Crippen molar-refractivity contribution in [3.8, 4) is 0 Å². The van der Waals surface area contributed by atoms with Crippen LogP contribution in [0.5, 0.6) is 0 Å². The number of aromatic nitrogens is 4. The topological polar surface area (TPSA) is 63.9 Å². The van der Waals surface area contributed by atoms with Gasteiger partial charge >= 0.3 is 0 Å². The van der Waals surface area contributed by atoms with E-state index in [9.17, 15) is 4.79 Å². The second-order valence-electron chi connectivity index (χ2n) is 6.67. The van der Waals surface area contributed by atoms with E-state index in [0.717, 1.165) is 13.0 Å². The quantitative estimate of drug-likeness (QED) is 0.806. The molecule has 2 heterocycles. The first-order valence-electron chi connectivity index (χ1n) is 7.71. The smallest absolute Gasteiger partial charge is 0.233 e. The number of fused-ring (bicyclic) bond motifs is 1. The average Bonchev–Trinajstić information content (AvgIpc) is 3.01. The molecule has 0 aliphatic carbocycles. The first kappa shape index (κ1) is 16.0. The highest BCUT2D eigenvalue weighted by Gasteiger charge is 2.23. The zero-order valence-corrected chi connectivity index (χ0v) is 14.5. The van der Waals surface area contributed by atoms with E-state index in [4.69, 9.17) is 0 Å². The Kier molecular flexibility index (Phi) is 4.39. The van der Waals surface area contributed by atoms with Crippen LogP contribution < -0.4 is 0 Å². The second-order valence-corrected chi connectivity index (χ2v) is 7.61. The zero-order chi connectivity index (χ0) is 16.4. The van der Waals surface area contributed by atoms with Crippen molar-refractivity contribution < 1.29 is 4.79 Å². The minimum Gasteiger partial charge on any atom is -0.337 e. The zero-order valence-electron chi connectivity index (χ0n) is 13.7. The summed E-state index contributed by atoms with van der Waals surface area (Å²) in [6, 6.07) is 8.32. The highest BCUT2D eigenvalue weighted by molar-refractivity contribution is 7.99. The van der Waals surface area contributed by atoms with E-state index in [1.165, 1.54) is 22.9 Å². The van der Waals surface area contributed by atoms with Gasteiger partial charge in [-0.3, -0.25) is 4.79 Å². The third-order valence-electron chi connectivity index (χ3n) is 3.88. The fraction of sp³-hybridized carbons (Fsp3) is 0.500. The monoisotopic (exact) mass is 331 g/mol. The molecule has 0 atom stereocenters. The van der Waals surface area contributed by atoms with Crippen molar-refractivity contribution in [2.75, 3.05) is 12.3 Å². The molecule has 1 aliphatic heterocycles. The molecule has 7 heteroatoms. The van der Waals surface area contributed by atoms with E-state index in [-0.39, 0.29) is 11.4 Å². The molecule has 1 aliphatic rings. The van der Waals surface area contributed by atoms with E-state index in [1.807, 2.05) is 31.7 Å². The van der Waals surface area contributed by atoms with E-state index in [0.29, 0.717) is 17.5 Å². The maximum atomic E-state index is 12.5. The van der Waals surface area contributed by atoms with Crippen LogP contribution in [0.15, 0.2) is 29.4 Å². The number of thioether (sulfide) groups is 1. The predicted octanol–water partition coefficient (Wildman–Crippen LogP) is 2.11. The van der Waals surface area contributed by atoms with Crippen molar-refractivity contribution in [2.24, 2.45) is 0 Å². The lowest BCUT2D eigenvalue weighted by atomic mass is 10.00. The van der Waals surface area contributed by atoms with E-state index in [1.54, 1.807) is 4.68 Å². The number of carbonyl (C=O) groups is 1. The fourth-order valence-electron chi connectivity index (χ4n) is 2.62. The first-order chi connectivity index (χ1) is 10.9. The van der Waals surface area contributed by atoms with Crippen LogP contribution in [0, 0.1) is 0 Å². The molecule has 1 aromatic heterocycles. The summed E-state index contributed by atoms with van der Waals surface area (Å²) in [6.07, 6.45) is 0.923. The van der Waals surface area contributed by atoms with E-state index >= 15 is 0 Å². The van der Waals surface area contributed by atoms with Crippen molar-refractivity contribution in [3.05, 3.63) is 35.4 Å². The second kappa shape index (κ2) is 6.31. The van der Waals surface area contributed by atoms with Crippen LogP contribution in [0.3, 0.4) is 0 Å². The Labute approximate surface area is 140 Å². The first-order valence-corrected chi connectivity index (χ1v) is 8.70. The molecule has 6 nitrogen and oxygen atoms in total. The van der Waals surface area contributed by atoms with Gasteiger partial charge < -0.3 is 4.90 Å². The molecule has 0 N–H and O–H groups in total. The van der Waals surface area contributed by atoms with Crippen molar-refractivity contribution in [3.63, 3.8) is 0 Å². The summed E-state index contributed by atoms with van der Waals surface area (Å²) < 4.78 is 1.76. The number of benzene rings is 1. The van der Waals surface area contributed by atoms with Gasteiger partial charge in [0.15, 0.2) is 0 Å². The summed E-state index contributed by atoms with van der Waals surface area (Å²) in [5, 5.41) is 12.5. The number of tetrazole rings is 1. The van der Waals surface area contributed by atoms with Crippen LogP contribution in [-0.4, -0.2) is 43.3 Å². The lowest BCUT2D eigenvalue weighted by Crippen LogP contribution is -2.37. The van der Waals surface area contributed by atoms with Gasteiger partial charge in [0.1, 0.15) is 0 Å². The van der Waals surface area contributed by atoms with Crippen molar-refractivity contribution in [1.82, 2.24) is 25.1 Å². The third kappa shape index (κ3) is 3.55. The van der Waals surface area contributed by atoms with Gasteiger partial charge in [-0.1, -0.05) is 36.0 Å². The number of hydrogen-bond donors (Lipinski definition) is 0. The average molecular weight is 331 g/mol. The van der Waals surface area contributed by atoms with Gasteiger partial charge in [0.2, 0.25) is 11.1 Å². The van der Waals surface area contributed by atoms with E-state index in [2.05, 4.69) is 33.7 Å². The van der Waals surface area contributed by atoms with Crippen molar-refractivity contribution in [1.29, 1.82) is 0 Å². The minimum atomic E-state index is -0.195. The summed E-state index contributed by atoms with van der Waals surface area (Å²) in [6.45, 7) is 7.59. The minimum absolute atomic E-state index is 0.132. The molecule has 0 fully saturated rings. The van der Waals surface area contributed by atoms with E-state index < -0.39 is 0 Å². The van der Waals surface area contributed by atoms with Gasteiger partial charge in [-0.05, 0) is 48.7 Å². The van der Waals surface area contributed by atoms with Gasteiger partial charge in [-0.2, -0.15) is 0 Å².